The quantitative estimate of drug-likeness (QED) is 0.283. The summed E-state index contributed by atoms with van der Waals surface area (Å²) in [4.78, 5) is 4.25. The molecular formula is C16H20BF2N3O3S. The zero-order valence-electron chi connectivity index (χ0n) is 15.2. The maximum atomic E-state index is 12.7. The molecule has 1 fully saturated rings. The molecule has 26 heavy (non-hydrogen) atoms. The summed E-state index contributed by atoms with van der Waals surface area (Å²) in [7, 11) is -0.753. The molecule has 1 N–H and O–H groups in total. The molecule has 1 saturated heterocycles. The van der Waals surface area contributed by atoms with Crippen LogP contribution in [0, 0.1) is 11.5 Å². The number of halogens is 2. The molecule has 0 atom stereocenters. The third kappa shape index (κ3) is 4.66. The fraction of sp³-hybridized carbons (Fsp3) is 0.500. The summed E-state index contributed by atoms with van der Waals surface area (Å²) in [5.74, 6) is -0.0663. The number of amidine groups is 1. The molecule has 0 spiro atoms. The summed E-state index contributed by atoms with van der Waals surface area (Å²) in [5, 5.41) is 11.5. The van der Waals surface area contributed by atoms with Crippen LogP contribution in [-0.4, -0.2) is 36.4 Å². The van der Waals surface area contributed by atoms with Gasteiger partial charge < -0.3 is 14.0 Å². The van der Waals surface area contributed by atoms with Crippen LogP contribution in [0.25, 0.3) is 0 Å². The molecule has 0 aromatic heterocycles. The Morgan fingerprint density at radius 3 is 2.38 bits per heavy atom. The molecule has 6 nitrogen and oxygen atoms in total. The zero-order valence-corrected chi connectivity index (χ0v) is 16.0. The molecule has 1 aliphatic rings. The van der Waals surface area contributed by atoms with Crippen LogP contribution in [0.4, 0.5) is 14.5 Å². The van der Waals surface area contributed by atoms with Gasteiger partial charge in [0.1, 0.15) is 5.75 Å². The van der Waals surface area contributed by atoms with Gasteiger partial charge in [-0.15, -0.1) is 0 Å². The maximum absolute atomic E-state index is 12.7. The standard InChI is InChI=1S/C16H20BF2N3O3S/c1-15(2)16(3,4)25-17(24-15)10-6-11(22-14(26-5)21-9-20)8-12(7-10)23-13(18)19/h6-8,13H,1-5H3,(H,21,22). The van der Waals surface area contributed by atoms with E-state index in [0.29, 0.717) is 16.3 Å². The number of nitrogens with one attached hydrogen (secondary N) is 1. The number of thioether (sulfide) groups is 1. The Kier molecular flexibility index (Phi) is 6.16. The molecule has 0 aliphatic carbocycles. The molecule has 140 valence electrons. The van der Waals surface area contributed by atoms with E-state index in [2.05, 4.69) is 15.0 Å². The molecule has 0 radical (unpaired) electrons. The second-order valence-electron chi connectivity index (χ2n) is 6.58. The van der Waals surface area contributed by atoms with Crippen LogP contribution in [-0.2, 0) is 9.31 Å². The summed E-state index contributed by atoms with van der Waals surface area (Å²) >= 11 is 1.21. The van der Waals surface area contributed by atoms with Gasteiger partial charge in [0, 0.05) is 6.07 Å². The Morgan fingerprint density at radius 1 is 1.27 bits per heavy atom. The van der Waals surface area contributed by atoms with Crippen molar-refractivity contribution in [1.29, 1.82) is 5.26 Å². The van der Waals surface area contributed by atoms with E-state index in [-0.39, 0.29) is 5.75 Å². The van der Waals surface area contributed by atoms with Crippen LogP contribution in [0.2, 0.25) is 0 Å². The molecule has 0 unspecified atom stereocenters. The van der Waals surface area contributed by atoms with Crippen molar-refractivity contribution in [2.75, 3.05) is 6.26 Å². The van der Waals surface area contributed by atoms with Crippen molar-refractivity contribution in [2.24, 2.45) is 4.99 Å². The maximum Gasteiger partial charge on any atom is 0.495 e. The Labute approximate surface area is 156 Å². The molecule has 1 heterocycles. The predicted molar refractivity (Wildman–Crippen MR) is 98.1 cm³/mol. The van der Waals surface area contributed by atoms with Gasteiger partial charge in [0.25, 0.3) is 0 Å². The first-order chi connectivity index (χ1) is 12.1. The third-order valence-corrected chi connectivity index (χ3v) is 4.83. The molecule has 1 aromatic carbocycles. The number of rotatable bonds is 4. The molecular weight excluding hydrogens is 363 g/mol. The van der Waals surface area contributed by atoms with Crippen molar-refractivity contribution in [3.8, 4) is 11.9 Å². The monoisotopic (exact) mass is 383 g/mol. The molecule has 2 rings (SSSR count). The van der Waals surface area contributed by atoms with E-state index in [1.165, 1.54) is 23.9 Å². The minimum Gasteiger partial charge on any atom is -0.435 e. The normalized spacial score (nSPS) is 18.7. The number of nitriles is 1. The van der Waals surface area contributed by atoms with Crippen molar-refractivity contribution in [1.82, 2.24) is 5.32 Å². The van der Waals surface area contributed by atoms with Gasteiger partial charge in [-0.2, -0.15) is 14.0 Å². The number of benzene rings is 1. The van der Waals surface area contributed by atoms with Crippen molar-refractivity contribution < 1.29 is 22.8 Å². The summed E-state index contributed by atoms with van der Waals surface area (Å²) < 4.78 is 41.8. The van der Waals surface area contributed by atoms with Crippen LogP contribution in [0.15, 0.2) is 23.2 Å². The number of hydrogen-bond acceptors (Lipinski definition) is 6. The second kappa shape index (κ2) is 7.82. The van der Waals surface area contributed by atoms with E-state index in [0.717, 1.165) is 0 Å². The number of aliphatic imine (C=N–C) groups is 1. The zero-order chi connectivity index (χ0) is 19.5. The lowest BCUT2D eigenvalue weighted by Crippen LogP contribution is -2.41. The van der Waals surface area contributed by atoms with Gasteiger partial charge in [-0.05, 0) is 51.5 Å². The Bertz CT molecular complexity index is 722. The second-order valence-corrected chi connectivity index (χ2v) is 7.38. The fourth-order valence-corrected chi connectivity index (χ4v) is 2.59. The van der Waals surface area contributed by atoms with Crippen molar-refractivity contribution >= 4 is 35.2 Å². The first kappa shape index (κ1) is 20.5. The number of hydrogen-bond donors (Lipinski definition) is 1. The highest BCUT2D eigenvalue weighted by Gasteiger charge is 2.51. The van der Waals surface area contributed by atoms with Gasteiger partial charge >= 0.3 is 13.7 Å². The highest BCUT2D eigenvalue weighted by molar-refractivity contribution is 8.13. The van der Waals surface area contributed by atoms with Gasteiger partial charge in [0.05, 0.1) is 16.9 Å². The van der Waals surface area contributed by atoms with E-state index < -0.39 is 24.9 Å². The lowest BCUT2D eigenvalue weighted by Gasteiger charge is -2.32. The topological polar surface area (TPSA) is 75.9 Å². The first-order valence-electron chi connectivity index (χ1n) is 7.81. The Hall–Kier alpha value is -1.83. The van der Waals surface area contributed by atoms with Crippen molar-refractivity contribution in [3.63, 3.8) is 0 Å². The molecule has 0 saturated carbocycles. The lowest BCUT2D eigenvalue weighted by atomic mass is 9.79. The molecule has 0 amide bonds. The summed E-state index contributed by atoms with van der Waals surface area (Å²) in [6, 6.07) is 4.44. The third-order valence-electron chi connectivity index (χ3n) is 4.25. The average Bonchev–Trinajstić information content (AvgIpc) is 2.74. The van der Waals surface area contributed by atoms with E-state index in [9.17, 15) is 8.78 Å². The van der Waals surface area contributed by atoms with Crippen LogP contribution in [0.5, 0.6) is 5.75 Å². The molecule has 1 aliphatic heterocycles. The van der Waals surface area contributed by atoms with Crippen LogP contribution in [0.3, 0.4) is 0 Å². The predicted octanol–water partition coefficient (Wildman–Crippen LogP) is 3.01. The smallest absolute Gasteiger partial charge is 0.435 e. The number of ether oxygens (including phenoxy) is 1. The largest absolute Gasteiger partial charge is 0.495 e. The van der Waals surface area contributed by atoms with Crippen LogP contribution in [0.1, 0.15) is 27.7 Å². The fourth-order valence-electron chi connectivity index (χ4n) is 2.25. The van der Waals surface area contributed by atoms with E-state index in [4.69, 9.17) is 14.6 Å². The van der Waals surface area contributed by atoms with E-state index in [1.807, 2.05) is 27.7 Å². The van der Waals surface area contributed by atoms with Gasteiger partial charge in [-0.25, -0.2) is 4.99 Å². The Morgan fingerprint density at radius 2 is 1.88 bits per heavy atom. The summed E-state index contributed by atoms with van der Waals surface area (Å²) in [6.45, 7) is 4.61. The molecule has 10 heteroatoms. The highest BCUT2D eigenvalue weighted by Crippen LogP contribution is 2.37. The van der Waals surface area contributed by atoms with Gasteiger partial charge in [-0.1, -0.05) is 11.8 Å². The van der Waals surface area contributed by atoms with Crippen molar-refractivity contribution in [3.05, 3.63) is 18.2 Å². The molecule has 1 aromatic rings. The lowest BCUT2D eigenvalue weighted by molar-refractivity contribution is -0.0497. The van der Waals surface area contributed by atoms with Crippen LogP contribution >= 0.6 is 11.8 Å². The van der Waals surface area contributed by atoms with Gasteiger partial charge in [0.15, 0.2) is 11.4 Å². The van der Waals surface area contributed by atoms with E-state index in [1.54, 1.807) is 18.5 Å². The average molecular weight is 383 g/mol. The van der Waals surface area contributed by atoms with Crippen molar-refractivity contribution in [2.45, 2.75) is 45.5 Å². The minimum absolute atomic E-state index is 0.0663. The SMILES string of the molecule is CSC(=Nc1cc(OC(F)F)cc(B2OC(C)(C)C(C)(C)O2)c1)NC#N. The van der Waals surface area contributed by atoms with Gasteiger partial charge in [-0.3, -0.25) is 5.32 Å². The van der Waals surface area contributed by atoms with E-state index >= 15 is 0 Å². The first-order valence-corrected chi connectivity index (χ1v) is 9.03. The van der Waals surface area contributed by atoms with Crippen LogP contribution < -0.4 is 15.5 Å². The number of alkyl halides is 2. The Balaban J connectivity index is 2.43. The number of nitrogens with zero attached hydrogens (tertiary/aromatic N) is 2. The highest BCUT2D eigenvalue weighted by atomic mass is 32.2. The van der Waals surface area contributed by atoms with Gasteiger partial charge in [0.2, 0.25) is 0 Å². The minimum atomic E-state index is -2.97. The summed E-state index contributed by atoms with van der Waals surface area (Å²) in [6.07, 6.45) is 3.51. The summed E-state index contributed by atoms with van der Waals surface area (Å²) in [5.41, 5.74) is -0.320. The molecule has 0 bridgehead atoms.